The normalized spacial score (nSPS) is 25.5. The number of aliphatic hydroxyl groups excluding tert-OH is 1. The lowest BCUT2D eigenvalue weighted by atomic mass is 9.58. The molecule has 240 valence electrons. The van der Waals surface area contributed by atoms with Crippen molar-refractivity contribution in [2.75, 3.05) is 48.1 Å². The predicted molar refractivity (Wildman–Crippen MR) is 165 cm³/mol. The number of rotatable bonds is 9. The number of carboxylic acids is 1. The third-order valence-electron chi connectivity index (χ3n) is 10.1. The summed E-state index contributed by atoms with van der Waals surface area (Å²) in [5.41, 5.74) is 3.40. The average molecular weight is 611 g/mol. The van der Waals surface area contributed by atoms with Crippen LogP contribution < -0.4 is 18.9 Å². The monoisotopic (exact) mass is 610 g/mol. The number of ether oxygens (including phenoxy) is 4. The zero-order valence-electron chi connectivity index (χ0n) is 26.7. The topological polar surface area (TPSA) is 118 Å². The molecule has 10 nitrogen and oxygen atoms in total. The van der Waals surface area contributed by atoms with E-state index in [0.29, 0.717) is 55.2 Å². The third-order valence-corrected chi connectivity index (χ3v) is 10.1. The van der Waals surface area contributed by atoms with Crippen molar-refractivity contribution >= 4 is 11.9 Å². The molecule has 2 N–H and O–H groups in total. The molecular weight excluding hydrogens is 564 g/mol. The molecule has 0 bridgehead atoms. The van der Waals surface area contributed by atoms with E-state index in [1.807, 2.05) is 29.2 Å². The van der Waals surface area contributed by atoms with Gasteiger partial charge in [-0.05, 0) is 92.1 Å². The summed E-state index contributed by atoms with van der Waals surface area (Å²) < 4.78 is 22.9. The van der Waals surface area contributed by atoms with Gasteiger partial charge in [0.15, 0.2) is 23.0 Å². The van der Waals surface area contributed by atoms with Gasteiger partial charge in [-0.1, -0.05) is 6.92 Å². The van der Waals surface area contributed by atoms with Crippen LogP contribution in [0.4, 0.5) is 0 Å². The molecule has 0 radical (unpaired) electrons. The number of benzene rings is 2. The van der Waals surface area contributed by atoms with Crippen molar-refractivity contribution in [1.29, 1.82) is 0 Å². The molecule has 10 heteroatoms. The van der Waals surface area contributed by atoms with Crippen molar-refractivity contribution in [3.8, 4) is 23.0 Å². The molecule has 2 aliphatic heterocycles. The number of amides is 1. The largest absolute Gasteiger partial charge is 0.493 e. The van der Waals surface area contributed by atoms with Gasteiger partial charge in [-0.2, -0.15) is 0 Å². The summed E-state index contributed by atoms with van der Waals surface area (Å²) in [5, 5.41) is 20.7. The van der Waals surface area contributed by atoms with Crippen molar-refractivity contribution in [3.63, 3.8) is 0 Å². The minimum Gasteiger partial charge on any atom is -0.493 e. The quantitative estimate of drug-likeness (QED) is 0.431. The number of carbonyl (C=O) groups is 2. The van der Waals surface area contributed by atoms with Gasteiger partial charge in [-0.3, -0.25) is 14.5 Å². The molecule has 1 saturated carbocycles. The van der Waals surface area contributed by atoms with Crippen molar-refractivity contribution in [2.24, 2.45) is 11.8 Å². The standard InChI is InChI=1S/C34H46N2O8/c1-7-35-12-9-21-16-27(41-3)29(43-5)18-24(21)32(35)26-15-23(33(39)40)8-11-34(26)25-19-30(44-6)28(42-4)17-22(25)10-13-36(34)31(38)14-20(2)37/h16-20,23,26,32,37H,7-15H2,1-6H3,(H,39,40)/t20?,23-,26-,32?,34+/m1/s1. The number of methoxy groups -OCH3 is 4. The Labute approximate surface area is 259 Å². The highest BCUT2D eigenvalue weighted by Crippen LogP contribution is 2.59. The van der Waals surface area contributed by atoms with Crippen LogP contribution in [0, 0.1) is 11.8 Å². The first kappa shape index (κ1) is 31.9. The first-order valence-electron chi connectivity index (χ1n) is 15.6. The molecule has 1 spiro atoms. The van der Waals surface area contributed by atoms with Crippen LogP contribution in [0.5, 0.6) is 23.0 Å². The molecule has 5 rings (SSSR count). The fraction of sp³-hybridized carbons (Fsp3) is 0.588. The summed E-state index contributed by atoms with van der Waals surface area (Å²) in [5.74, 6) is 0.663. The molecular formula is C34H46N2O8. The number of aliphatic carboxylic acids is 1. The highest BCUT2D eigenvalue weighted by molar-refractivity contribution is 5.79. The van der Waals surface area contributed by atoms with Crippen molar-refractivity contribution in [3.05, 3.63) is 46.5 Å². The minimum atomic E-state index is -0.842. The van der Waals surface area contributed by atoms with Gasteiger partial charge >= 0.3 is 5.97 Å². The summed E-state index contributed by atoms with van der Waals surface area (Å²) in [6.45, 7) is 5.75. The summed E-state index contributed by atoms with van der Waals surface area (Å²) in [6.07, 6.45) is 1.89. The molecule has 5 atom stereocenters. The lowest BCUT2D eigenvalue weighted by molar-refractivity contribution is -0.156. The van der Waals surface area contributed by atoms with Gasteiger partial charge in [0.2, 0.25) is 5.91 Å². The molecule has 1 amide bonds. The second-order valence-electron chi connectivity index (χ2n) is 12.3. The number of hydrogen-bond donors (Lipinski definition) is 2. The number of fused-ring (bicyclic) bond motifs is 3. The van der Waals surface area contributed by atoms with Crippen LogP contribution in [-0.2, 0) is 28.0 Å². The molecule has 0 saturated heterocycles. The molecule has 3 aliphatic rings. The van der Waals surface area contributed by atoms with E-state index in [4.69, 9.17) is 18.9 Å². The van der Waals surface area contributed by atoms with Crippen LogP contribution in [-0.4, -0.2) is 86.1 Å². The van der Waals surface area contributed by atoms with Gasteiger partial charge in [0.1, 0.15) is 0 Å². The van der Waals surface area contributed by atoms with E-state index in [2.05, 4.69) is 11.8 Å². The average Bonchev–Trinajstić information content (AvgIpc) is 3.02. The molecule has 2 aromatic carbocycles. The smallest absolute Gasteiger partial charge is 0.306 e. The maximum absolute atomic E-state index is 14.1. The summed E-state index contributed by atoms with van der Waals surface area (Å²) in [4.78, 5) is 31.1. The Morgan fingerprint density at radius 1 is 0.932 bits per heavy atom. The summed E-state index contributed by atoms with van der Waals surface area (Å²) in [7, 11) is 6.46. The summed E-state index contributed by atoms with van der Waals surface area (Å²) in [6, 6.07) is 7.88. The summed E-state index contributed by atoms with van der Waals surface area (Å²) >= 11 is 0. The van der Waals surface area contributed by atoms with Gasteiger partial charge < -0.3 is 34.1 Å². The molecule has 0 aromatic heterocycles. The second kappa shape index (κ2) is 12.9. The number of carboxylic acid groups (broad SMARTS) is 1. The van der Waals surface area contributed by atoms with E-state index in [0.717, 1.165) is 41.8 Å². The Balaban J connectivity index is 1.81. The Hall–Kier alpha value is -3.50. The Kier molecular flexibility index (Phi) is 9.32. The maximum atomic E-state index is 14.1. The Bertz CT molecular complexity index is 1390. The number of carbonyl (C=O) groups excluding carboxylic acids is 1. The van der Waals surface area contributed by atoms with E-state index >= 15 is 0 Å². The maximum Gasteiger partial charge on any atom is 0.306 e. The first-order chi connectivity index (χ1) is 21.1. The molecule has 1 fully saturated rings. The number of aliphatic hydroxyl groups is 1. The minimum absolute atomic E-state index is 0.0107. The lowest BCUT2D eigenvalue weighted by Gasteiger charge is -2.59. The van der Waals surface area contributed by atoms with Gasteiger partial charge in [-0.15, -0.1) is 0 Å². The van der Waals surface area contributed by atoms with Gasteiger partial charge in [0, 0.05) is 25.0 Å². The van der Waals surface area contributed by atoms with E-state index in [1.54, 1.807) is 35.4 Å². The fourth-order valence-electron chi connectivity index (χ4n) is 8.16. The fourth-order valence-corrected chi connectivity index (χ4v) is 8.16. The highest BCUT2D eigenvalue weighted by atomic mass is 16.5. The van der Waals surface area contributed by atoms with E-state index in [9.17, 15) is 19.8 Å². The van der Waals surface area contributed by atoms with Gasteiger partial charge in [0.25, 0.3) is 0 Å². The van der Waals surface area contributed by atoms with Crippen molar-refractivity contribution in [2.45, 2.75) is 70.1 Å². The van der Waals surface area contributed by atoms with E-state index in [-0.39, 0.29) is 24.3 Å². The highest BCUT2D eigenvalue weighted by Gasteiger charge is 2.58. The molecule has 1 aliphatic carbocycles. The van der Waals surface area contributed by atoms with Crippen molar-refractivity contribution < 1.29 is 38.7 Å². The molecule has 2 unspecified atom stereocenters. The number of likely N-dealkylation sites (N-methyl/N-ethyl adjacent to an activating group) is 1. The predicted octanol–water partition coefficient (Wildman–Crippen LogP) is 4.19. The molecule has 44 heavy (non-hydrogen) atoms. The van der Waals surface area contributed by atoms with Gasteiger partial charge in [-0.25, -0.2) is 0 Å². The van der Waals surface area contributed by atoms with Crippen LogP contribution in [0.25, 0.3) is 0 Å². The number of hydrogen-bond acceptors (Lipinski definition) is 8. The van der Waals surface area contributed by atoms with E-state index in [1.165, 1.54) is 0 Å². The van der Waals surface area contributed by atoms with Crippen LogP contribution in [0.15, 0.2) is 24.3 Å². The van der Waals surface area contributed by atoms with Gasteiger partial charge in [0.05, 0.1) is 52.4 Å². The SMILES string of the molecule is CCN1CCc2cc(OC)c(OC)cc2C1[C@H]1C[C@H](C(=O)O)CC[C@]12c1cc(OC)c(OC)cc1CCN2C(=O)CC(C)O. The Morgan fingerprint density at radius 2 is 1.52 bits per heavy atom. The zero-order valence-corrected chi connectivity index (χ0v) is 26.7. The number of nitrogens with zero attached hydrogens (tertiary/aromatic N) is 2. The molecule has 2 aromatic rings. The first-order valence-corrected chi connectivity index (χ1v) is 15.6. The van der Waals surface area contributed by atoms with Crippen LogP contribution in [0.1, 0.15) is 67.8 Å². The molecule has 2 heterocycles. The second-order valence-corrected chi connectivity index (χ2v) is 12.3. The van der Waals surface area contributed by atoms with Crippen molar-refractivity contribution in [1.82, 2.24) is 9.80 Å². The van der Waals surface area contributed by atoms with Crippen LogP contribution in [0.2, 0.25) is 0 Å². The third kappa shape index (κ3) is 5.36. The van der Waals surface area contributed by atoms with E-state index < -0.39 is 23.5 Å². The lowest BCUT2D eigenvalue weighted by Crippen LogP contribution is -2.62. The van der Waals surface area contributed by atoms with Crippen LogP contribution in [0.3, 0.4) is 0 Å². The zero-order chi connectivity index (χ0) is 31.8. The Morgan fingerprint density at radius 3 is 2.11 bits per heavy atom. The van der Waals surface area contributed by atoms with Crippen LogP contribution >= 0.6 is 0 Å².